The molecule has 2 unspecified atom stereocenters. The number of ether oxygens (including phenoxy) is 1. The molecule has 2 fully saturated rings. The molecule has 0 amide bonds. The number of nitrogens with two attached hydrogens (primary N) is 1. The molecule has 3 atom stereocenters. The molecule has 3 N–H and O–H groups in total. The Morgan fingerprint density at radius 1 is 1.24 bits per heavy atom. The SMILES string of the molecule is C=C/C(=C\c1cn[nH]c1C(/C=C\N)=C/CC)C12CC1N([C@@H]1CCCCN(CC3=C(C)C=CC=C(OC)C3)C1)N=N2.CC.CC.CF. The van der Waals surface area contributed by atoms with Crippen LogP contribution in [0.5, 0.6) is 0 Å². The van der Waals surface area contributed by atoms with Gasteiger partial charge in [0.05, 0.1) is 44.0 Å². The first kappa shape index (κ1) is 38.5. The van der Waals surface area contributed by atoms with Crippen LogP contribution >= 0.6 is 0 Å². The Labute approximate surface area is 277 Å². The van der Waals surface area contributed by atoms with Crippen LogP contribution in [0.2, 0.25) is 0 Å². The first-order chi connectivity index (χ1) is 22.5. The van der Waals surface area contributed by atoms with Gasteiger partial charge < -0.3 is 10.5 Å². The second kappa shape index (κ2) is 19.7. The number of aromatic nitrogens is 2. The Hall–Kier alpha value is -3.72. The number of nitrogens with one attached hydrogen (secondary N) is 1. The largest absolute Gasteiger partial charge is 0.501 e. The lowest BCUT2D eigenvalue weighted by Gasteiger charge is -2.30. The van der Waals surface area contributed by atoms with Gasteiger partial charge in [-0.2, -0.15) is 10.2 Å². The number of allylic oxidation sites excluding steroid dienone is 8. The minimum absolute atomic E-state index is 0.274. The molecule has 3 heterocycles. The van der Waals surface area contributed by atoms with Crippen LogP contribution in [0.4, 0.5) is 4.39 Å². The molecular weight excluding hydrogens is 577 g/mol. The van der Waals surface area contributed by atoms with E-state index in [0.29, 0.717) is 13.2 Å². The summed E-state index contributed by atoms with van der Waals surface area (Å²) in [5.74, 6) is 1.02. The molecule has 4 aliphatic rings. The smallest absolute Gasteiger partial charge is 0.133 e. The average Bonchev–Trinajstić information content (AvgIpc) is 3.62. The van der Waals surface area contributed by atoms with Crippen molar-refractivity contribution in [2.24, 2.45) is 16.1 Å². The van der Waals surface area contributed by atoms with Crippen LogP contribution in [-0.2, 0) is 4.74 Å². The van der Waals surface area contributed by atoms with Gasteiger partial charge in [0, 0.05) is 31.5 Å². The van der Waals surface area contributed by atoms with Crippen molar-refractivity contribution in [3.8, 4) is 0 Å². The maximum absolute atomic E-state index is 9.50. The predicted octanol–water partition coefficient (Wildman–Crippen LogP) is 8.74. The van der Waals surface area contributed by atoms with Gasteiger partial charge in [-0.3, -0.25) is 19.4 Å². The zero-order valence-corrected chi connectivity index (χ0v) is 29.5. The summed E-state index contributed by atoms with van der Waals surface area (Å²) in [6.45, 7) is 19.5. The van der Waals surface area contributed by atoms with Gasteiger partial charge in [0.1, 0.15) is 5.54 Å². The normalized spacial score (nSPS) is 24.4. The predicted molar refractivity (Wildman–Crippen MR) is 192 cm³/mol. The lowest BCUT2D eigenvalue weighted by atomic mass is 9.99. The van der Waals surface area contributed by atoms with Gasteiger partial charge in [0.2, 0.25) is 0 Å². The van der Waals surface area contributed by atoms with E-state index in [-0.39, 0.29) is 11.6 Å². The number of fused-ring (bicyclic) bond motifs is 1. The number of aromatic amines is 1. The molecule has 8 nitrogen and oxygen atoms in total. The number of methoxy groups -OCH3 is 1. The van der Waals surface area contributed by atoms with Crippen molar-refractivity contribution < 1.29 is 9.13 Å². The van der Waals surface area contributed by atoms with Crippen molar-refractivity contribution in [1.29, 1.82) is 0 Å². The standard InChI is InChI=1S/C32H43N7O.2C2H6.CH3F/c1-5-10-24(14-15-33)31-25(20-34-35-31)17-27(6-2)32-19-30(32)39(37-36-32)28-12-7-8-16-38(22-28)21-26-18-29(40-4)13-9-11-23(26)3;3*1-2/h6,9-11,13-15,17,20,28,30H,2,5,7-8,12,16,18-19,21-22,33H2,1,3-4H3,(H,34,35);2*1-2H3;1H3/b15-14-,24-10+,27-17+;;;/t28-,30?,32?;;;/m1.../s1. The second-order valence-electron chi connectivity index (χ2n) is 11.2. The van der Waals surface area contributed by atoms with Crippen molar-refractivity contribution in [1.82, 2.24) is 20.1 Å². The Morgan fingerprint density at radius 3 is 2.65 bits per heavy atom. The maximum atomic E-state index is 9.50. The van der Waals surface area contributed by atoms with Crippen LogP contribution in [0.25, 0.3) is 11.6 Å². The van der Waals surface area contributed by atoms with E-state index in [4.69, 9.17) is 20.8 Å². The highest BCUT2D eigenvalue weighted by Gasteiger charge is 2.65. The minimum atomic E-state index is -0.324. The molecule has 0 radical (unpaired) electrons. The lowest BCUT2D eigenvalue weighted by molar-refractivity contribution is 0.148. The molecule has 1 saturated carbocycles. The summed E-state index contributed by atoms with van der Waals surface area (Å²) >= 11 is 0. The fourth-order valence-electron chi connectivity index (χ4n) is 6.26. The third-order valence-electron chi connectivity index (χ3n) is 8.58. The van der Waals surface area contributed by atoms with E-state index in [9.17, 15) is 4.39 Å². The van der Waals surface area contributed by atoms with Crippen LogP contribution in [0.3, 0.4) is 0 Å². The fourth-order valence-corrected chi connectivity index (χ4v) is 6.26. The van der Waals surface area contributed by atoms with E-state index in [1.807, 2.05) is 46.0 Å². The number of hydrogen-bond donors (Lipinski definition) is 2. The summed E-state index contributed by atoms with van der Waals surface area (Å²) in [4.78, 5) is 2.61. The molecule has 254 valence electrons. The summed E-state index contributed by atoms with van der Waals surface area (Å²) in [5, 5.41) is 19.4. The summed E-state index contributed by atoms with van der Waals surface area (Å²) in [6, 6.07) is 0.626. The Balaban J connectivity index is 0.00000116. The topological polar surface area (TPSA) is 95.1 Å². The highest BCUT2D eigenvalue weighted by molar-refractivity contribution is 5.79. The quantitative estimate of drug-likeness (QED) is 0.251. The molecule has 1 saturated heterocycles. The maximum Gasteiger partial charge on any atom is 0.133 e. The molecule has 1 aromatic heterocycles. The highest BCUT2D eigenvalue weighted by Crippen LogP contribution is 2.56. The van der Waals surface area contributed by atoms with E-state index >= 15 is 0 Å². The Bertz CT molecular complexity index is 1320. The van der Waals surface area contributed by atoms with Crippen LogP contribution < -0.4 is 5.73 Å². The van der Waals surface area contributed by atoms with Gasteiger partial charge in [0.25, 0.3) is 0 Å². The summed E-state index contributed by atoms with van der Waals surface area (Å²) in [6.07, 6.45) is 24.2. The molecule has 0 aromatic carbocycles. The van der Waals surface area contributed by atoms with Crippen molar-refractivity contribution in [3.05, 3.63) is 89.2 Å². The van der Waals surface area contributed by atoms with Crippen molar-refractivity contribution >= 4 is 11.6 Å². The summed E-state index contributed by atoms with van der Waals surface area (Å²) < 4.78 is 15.1. The molecule has 2 aliphatic carbocycles. The lowest BCUT2D eigenvalue weighted by Crippen LogP contribution is -2.42. The van der Waals surface area contributed by atoms with Crippen molar-refractivity contribution in [2.45, 2.75) is 97.7 Å². The number of nitrogens with zero attached hydrogens (tertiary/aromatic N) is 5. The van der Waals surface area contributed by atoms with Crippen LogP contribution in [0.15, 0.2) is 88.2 Å². The van der Waals surface area contributed by atoms with Crippen molar-refractivity contribution in [2.75, 3.05) is 33.9 Å². The van der Waals surface area contributed by atoms with E-state index in [2.05, 4.69) is 70.9 Å². The van der Waals surface area contributed by atoms with Gasteiger partial charge in [0.15, 0.2) is 0 Å². The molecular formula is C37H58FN7O. The number of rotatable bonds is 10. The van der Waals surface area contributed by atoms with Gasteiger partial charge in [-0.1, -0.05) is 82.7 Å². The Morgan fingerprint density at radius 2 is 2.00 bits per heavy atom. The van der Waals surface area contributed by atoms with Crippen LogP contribution in [0, 0.1) is 0 Å². The molecule has 2 aliphatic heterocycles. The van der Waals surface area contributed by atoms with Gasteiger partial charge >= 0.3 is 0 Å². The van der Waals surface area contributed by atoms with Crippen LogP contribution in [-0.4, -0.2) is 71.7 Å². The number of hydrogen-bond acceptors (Lipinski definition) is 7. The zero-order valence-electron chi connectivity index (χ0n) is 29.5. The first-order valence-electron chi connectivity index (χ1n) is 16.9. The number of alkyl halides is 1. The van der Waals surface area contributed by atoms with Crippen LogP contribution in [0.1, 0.15) is 91.3 Å². The Kier molecular flexibility index (Phi) is 16.5. The van der Waals surface area contributed by atoms with E-state index < -0.39 is 0 Å². The highest BCUT2D eigenvalue weighted by atomic mass is 19.1. The first-order valence-corrected chi connectivity index (χ1v) is 16.9. The second-order valence-corrected chi connectivity index (χ2v) is 11.2. The molecule has 5 rings (SSSR count). The number of H-pyrrole nitrogens is 1. The van der Waals surface area contributed by atoms with E-state index in [1.165, 1.54) is 24.0 Å². The average molecular weight is 636 g/mol. The van der Waals surface area contributed by atoms with Crippen molar-refractivity contribution in [3.63, 3.8) is 0 Å². The molecule has 9 heteroatoms. The molecule has 0 spiro atoms. The van der Waals surface area contributed by atoms with E-state index in [0.717, 1.165) is 73.5 Å². The van der Waals surface area contributed by atoms with Gasteiger partial charge in [-0.15, -0.1) is 0 Å². The fraction of sp³-hybridized carbons (Fsp3) is 0.541. The van der Waals surface area contributed by atoms with Gasteiger partial charge in [-0.25, -0.2) is 0 Å². The monoisotopic (exact) mass is 635 g/mol. The third kappa shape index (κ3) is 9.18. The molecule has 46 heavy (non-hydrogen) atoms. The summed E-state index contributed by atoms with van der Waals surface area (Å²) in [5.41, 5.74) is 12.2. The van der Waals surface area contributed by atoms with E-state index in [1.54, 1.807) is 13.3 Å². The van der Waals surface area contributed by atoms with Gasteiger partial charge in [-0.05, 0) is 73.9 Å². The minimum Gasteiger partial charge on any atom is -0.501 e. The number of likely N-dealkylation sites (tertiary alicyclic amines) is 1. The zero-order chi connectivity index (χ0) is 34.1. The molecule has 1 aromatic rings. The number of halogens is 1. The molecule has 0 bridgehead atoms. The third-order valence-corrected chi connectivity index (χ3v) is 8.58. The summed E-state index contributed by atoms with van der Waals surface area (Å²) in [7, 11) is 2.26.